The second-order valence-electron chi connectivity index (χ2n) is 5.27. The molecule has 0 aliphatic rings. The van der Waals surface area contributed by atoms with Crippen LogP contribution in [0, 0.1) is 13.8 Å². The van der Waals surface area contributed by atoms with Gasteiger partial charge in [-0.1, -0.05) is 17.3 Å². The predicted octanol–water partition coefficient (Wildman–Crippen LogP) is 4.39. The number of aromatic nitrogens is 1. The van der Waals surface area contributed by atoms with E-state index in [0.717, 1.165) is 26.7 Å². The molecule has 3 aromatic rings. The standard InChI is InChI=1S/C17H15BrN2O2/c1-10-7-12-15(20-22-16(12)8-11(10)2)9-17(21)19-14-6-4-3-5-13(14)18/h3-8H,9H2,1-2H3,(H,19,21). The summed E-state index contributed by atoms with van der Waals surface area (Å²) in [5, 5.41) is 7.80. The first-order valence-electron chi connectivity index (χ1n) is 6.94. The molecular weight excluding hydrogens is 344 g/mol. The molecule has 0 spiro atoms. The van der Waals surface area contributed by atoms with E-state index in [4.69, 9.17) is 4.52 Å². The fourth-order valence-electron chi connectivity index (χ4n) is 2.28. The summed E-state index contributed by atoms with van der Waals surface area (Å²) in [5.41, 5.74) is 4.41. The van der Waals surface area contributed by atoms with Crippen molar-refractivity contribution >= 4 is 38.5 Å². The first kappa shape index (κ1) is 14.8. The number of aryl methyl sites for hydroxylation is 2. The van der Waals surface area contributed by atoms with Crippen LogP contribution in [0.3, 0.4) is 0 Å². The van der Waals surface area contributed by atoms with Crippen LogP contribution in [-0.4, -0.2) is 11.1 Å². The van der Waals surface area contributed by atoms with E-state index in [1.165, 1.54) is 0 Å². The summed E-state index contributed by atoms with van der Waals surface area (Å²) in [6.45, 7) is 4.06. The Morgan fingerprint density at radius 1 is 1.23 bits per heavy atom. The Bertz CT molecular complexity index is 855. The number of hydrogen-bond acceptors (Lipinski definition) is 3. The maximum atomic E-state index is 12.2. The number of para-hydroxylation sites is 1. The Balaban J connectivity index is 1.83. The molecule has 0 bridgehead atoms. The number of benzene rings is 2. The molecule has 5 heteroatoms. The van der Waals surface area contributed by atoms with Crippen molar-refractivity contribution in [3.63, 3.8) is 0 Å². The summed E-state index contributed by atoms with van der Waals surface area (Å²) in [7, 11) is 0. The number of nitrogens with zero attached hydrogens (tertiary/aromatic N) is 1. The third-order valence-electron chi connectivity index (χ3n) is 3.64. The number of nitrogens with one attached hydrogen (secondary N) is 1. The van der Waals surface area contributed by atoms with Crippen LogP contribution in [0.15, 0.2) is 45.4 Å². The van der Waals surface area contributed by atoms with Gasteiger partial charge in [-0.05, 0) is 65.2 Å². The number of carbonyl (C=O) groups excluding carboxylic acids is 1. The molecule has 4 nitrogen and oxygen atoms in total. The molecule has 0 fully saturated rings. The zero-order chi connectivity index (χ0) is 15.7. The minimum atomic E-state index is -0.125. The molecule has 0 saturated heterocycles. The third-order valence-corrected chi connectivity index (χ3v) is 4.33. The Labute approximate surface area is 136 Å². The van der Waals surface area contributed by atoms with Gasteiger partial charge in [0.25, 0.3) is 0 Å². The molecule has 22 heavy (non-hydrogen) atoms. The van der Waals surface area contributed by atoms with Crippen LogP contribution in [0.2, 0.25) is 0 Å². The molecule has 1 amide bonds. The summed E-state index contributed by atoms with van der Waals surface area (Å²) in [6.07, 6.45) is 0.177. The van der Waals surface area contributed by atoms with Crippen molar-refractivity contribution in [2.75, 3.05) is 5.32 Å². The zero-order valence-electron chi connectivity index (χ0n) is 12.3. The molecule has 0 radical (unpaired) electrons. The van der Waals surface area contributed by atoms with E-state index < -0.39 is 0 Å². The third kappa shape index (κ3) is 2.90. The van der Waals surface area contributed by atoms with E-state index in [9.17, 15) is 4.79 Å². The van der Waals surface area contributed by atoms with Crippen LogP contribution < -0.4 is 5.32 Å². The van der Waals surface area contributed by atoms with Gasteiger partial charge in [-0.15, -0.1) is 0 Å². The molecular formula is C17H15BrN2O2. The Kier molecular flexibility index (Phi) is 3.98. The van der Waals surface area contributed by atoms with Crippen LogP contribution in [0.1, 0.15) is 16.8 Å². The van der Waals surface area contributed by atoms with E-state index in [1.54, 1.807) is 0 Å². The predicted molar refractivity (Wildman–Crippen MR) is 90.0 cm³/mol. The summed E-state index contributed by atoms with van der Waals surface area (Å²) in [6, 6.07) is 11.5. The number of amides is 1. The van der Waals surface area contributed by atoms with Crippen molar-refractivity contribution in [3.05, 3.63) is 57.7 Å². The highest BCUT2D eigenvalue weighted by Crippen LogP contribution is 2.24. The van der Waals surface area contributed by atoms with Crippen molar-refractivity contribution in [2.24, 2.45) is 0 Å². The van der Waals surface area contributed by atoms with Gasteiger partial charge in [0.05, 0.1) is 12.1 Å². The second-order valence-corrected chi connectivity index (χ2v) is 6.12. The van der Waals surface area contributed by atoms with E-state index in [-0.39, 0.29) is 12.3 Å². The molecule has 0 saturated carbocycles. The molecule has 0 aliphatic heterocycles. The minimum absolute atomic E-state index is 0.125. The van der Waals surface area contributed by atoms with Gasteiger partial charge < -0.3 is 9.84 Å². The van der Waals surface area contributed by atoms with Crippen LogP contribution in [0.25, 0.3) is 11.0 Å². The van der Waals surface area contributed by atoms with Gasteiger partial charge in [-0.3, -0.25) is 4.79 Å². The first-order chi connectivity index (χ1) is 10.5. The lowest BCUT2D eigenvalue weighted by Gasteiger charge is -2.06. The number of halogens is 1. The summed E-state index contributed by atoms with van der Waals surface area (Å²) >= 11 is 3.41. The number of anilines is 1. The van der Waals surface area contributed by atoms with E-state index >= 15 is 0 Å². The molecule has 3 rings (SSSR count). The average Bonchev–Trinajstić information content (AvgIpc) is 2.84. The van der Waals surface area contributed by atoms with Crippen LogP contribution in [0.4, 0.5) is 5.69 Å². The number of carbonyl (C=O) groups is 1. The molecule has 1 N–H and O–H groups in total. The lowest BCUT2D eigenvalue weighted by atomic mass is 10.1. The zero-order valence-corrected chi connectivity index (χ0v) is 13.9. The number of hydrogen-bond donors (Lipinski definition) is 1. The Morgan fingerprint density at radius 2 is 1.95 bits per heavy atom. The van der Waals surface area contributed by atoms with Crippen LogP contribution in [0.5, 0.6) is 0 Å². The maximum absolute atomic E-state index is 12.2. The highest BCUT2D eigenvalue weighted by Gasteiger charge is 2.14. The molecule has 0 aliphatic carbocycles. The fraction of sp³-hybridized carbons (Fsp3) is 0.176. The molecule has 2 aromatic carbocycles. The van der Waals surface area contributed by atoms with Gasteiger partial charge >= 0.3 is 0 Å². The highest BCUT2D eigenvalue weighted by atomic mass is 79.9. The van der Waals surface area contributed by atoms with E-state index in [2.05, 4.69) is 26.4 Å². The lowest BCUT2D eigenvalue weighted by Crippen LogP contribution is -2.15. The van der Waals surface area contributed by atoms with Gasteiger partial charge in [0, 0.05) is 9.86 Å². The Hall–Kier alpha value is -2.14. The Morgan fingerprint density at radius 3 is 2.73 bits per heavy atom. The molecule has 0 unspecified atom stereocenters. The van der Waals surface area contributed by atoms with Gasteiger partial charge in [-0.25, -0.2) is 0 Å². The smallest absolute Gasteiger partial charge is 0.230 e. The van der Waals surface area contributed by atoms with E-state index in [1.807, 2.05) is 50.2 Å². The van der Waals surface area contributed by atoms with Crippen LogP contribution >= 0.6 is 15.9 Å². The normalized spacial score (nSPS) is 10.9. The van der Waals surface area contributed by atoms with Gasteiger partial charge in [0.15, 0.2) is 5.58 Å². The molecule has 1 aromatic heterocycles. The SMILES string of the molecule is Cc1cc2onc(CC(=O)Nc3ccccc3Br)c2cc1C. The fourth-order valence-corrected chi connectivity index (χ4v) is 2.66. The average molecular weight is 359 g/mol. The van der Waals surface area contributed by atoms with Gasteiger partial charge in [-0.2, -0.15) is 0 Å². The molecule has 0 atom stereocenters. The number of fused-ring (bicyclic) bond motifs is 1. The minimum Gasteiger partial charge on any atom is -0.356 e. The van der Waals surface area contributed by atoms with Crippen molar-refractivity contribution in [3.8, 4) is 0 Å². The van der Waals surface area contributed by atoms with Crippen LogP contribution in [-0.2, 0) is 11.2 Å². The van der Waals surface area contributed by atoms with Gasteiger partial charge in [0.1, 0.15) is 5.69 Å². The van der Waals surface area contributed by atoms with E-state index in [0.29, 0.717) is 11.3 Å². The van der Waals surface area contributed by atoms with Gasteiger partial charge in [0.2, 0.25) is 5.91 Å². The van der Waals surface area contributed by atoms with Crippen molar-refractivity contribution in [1.82, 2.24) is 5.16 Å². The largest absolute Gasteiger partial charge is 0.356 e. The quantitative estimate of drug-likeness (QED) is 0.755. The monoisotopic (exact) mass is 358 g/mol. The lowest BCUT2D eigenvalue weighted by molar-refractivity contribution is -0.115. The van der Waals surface area contributed by atoms with Crippen molar-refractivity contribution in [2.45, 2.75) is 20.3 Å². The van der Waals surface area contributed by atoms with Crippen molar-refractivity contribution in [1.29, 1.82) is 0 Å². The maximum Gasteiger partial charge on any atom is 0.230 e. The summed E-state index contributed by atoms with van der Waals surface area (Å²) < 4.78 is 6.17. The first-order valence-corrected chi connectivity index (χ1v) is 7.74. The molecule has 112 valence electrons. The summed E-state index contributed by atoms with van der Waals surface area (Å²) in [5.74, 6) is -0.125. The summed E-state index contributed by atoms with van der Waals surface area (Å²) in [4.78, 5) is 12.2. The molecule has 1 heterocycles. The van der Waals surface area contributed by atoms with Crippen molar-refractivity contribution < 1.29 is 9.32 Å². The second kappa shape index (κ2) is 5.93. The number of rotatable bonds is 3. The highest BCUT2D eigenvalue weighted by molar-refractivity contribution is 9.10. The topological polar surface area (TPSA) is 55.1 Å².